The van der Waals surface area contributed by atoms with Gasteiger partial charge in [-0.25, -0.2) is 0 Å². The first-order chi connectivity index (χ1) is 3.00. The Morgan fingerprint density at radius 2 is 2.33 bits per heavy atom. The van der Waals surface area contributed by atoms with Gasteiger partial charge in [0, 0.05) is 0 Å². The maximum Gasteiger partial charge on any atom is 0.201 e. The summed E-state index contributed by atoms with van der Waals surface area (Å²) >= 11 is 0. The van der Waals surface area contributed by atoms with Crippen LogP contribution in [0.5, 0.6) is 0 Å². The van der Waals surface area contributed by atoms with E-state index in [1.165, 1.54) is 33.1 Å². The summed E-state index contributed by atoms with van der Waals surface area (Å²) < 4.78 is 0. The molecule has 0 bridgehead atoms. The van der Waals surface area contributed by atoms with Crippen molar-refractivity contribution >= 4 is 7.41 Å². The average Bonchev–Trinajstić information content (AvgIpc) is 1.72. The van der Waals surface area contributed by atoms with Crippen LogP contribution >= 0.6 is 0 Å². The van der Waals surface area contributed by atoms with Crippen LogP contribution < -0.4 is 5.23 Å². The highest BCUT2D eigenvalue weighted by atomic mass is 14.7. The molecule has 1 rings (SSSR count). The molecule has 1 N–H and O–H groups in total. The van der Waals surface area contributed by atoms with Crippen LogP contribution in [0, 0.1) is 0 Å². The molecule has 1 heterocycles. The van der Waals surface area contributed by atoms with Gasteiger partial charge < -0.3 is 5.23 Å². The van der Waals surface area contributed by atoms with Gasteiger partial charge in [-0.1, -0.05) is 12.7 Å². The lowest BCUT2D eigenvalue weighted by molar-refractivity contribution is 0.722. The van der Waals surface area contributed by atoms with Gasteiger partial charge in [0.2, 0.25) is 7.41 Å². The average molecular weight is 82.9 g/mol. The van der Waals surface area contributed by atoms with Gasteiger partial charge in [0.15, 0.2) is 0 Å². The quantitative estimate of drug-likeness (QED) is 0.410. The van der Waals surface area contributed by atoms with Crippen molar-refractivity contribution in [3.8, 4) is 0 Å². The van der Waals surface area contributed by atoms with E-state index in [1.807, 2.05) is 0 Å². The third-order valence-corrected chi connectivity index (χ3v) is 1.21. The zero-order valence-electron chi connectivity index (χ0n) is 4.04. The molecule has 0 aromatic rings. The third kappa shape index (κ3) is 1.01. The van der Waals surface area contributed by atoms with Crippen LogP contribution in [0.3, 0.4) is 0 Å². The first kappa shape index (κ1) is 4.19. The lowest BCUT2D eigenvalue weighted by Crippen LogP contribution is -2.24. The minimum Gasteiger partial charge on any atom is -0.359 e. The van der Waals surface area contributed by atoms with E-state index in [4.69, 9.17) is 0 Å². The van der Waals surface area contributed by atoms with Crippen molar-refractivity contribution in [1.82, 2.24) is 5.23 Å². The molecule has 6 heavy (non-hydrogen) atoms. The van der Waals surface area contributed by atoms with Crippen LogP contribution in [-0.4, -0.2) is 14.0 Å². The number of nitrogens with one attached hydrogen (secondary N) is 1. The molecule has 1 aliphatic heterocycles. The third-order valence-electron chi connectivity index (χ3n) is 1.21. The Hall–Kier alpha value is 0.0249. The molecule has 0 unspecified atom stereocenters. The summed E-state index contributed by atoms with van der Waals surface area (Å²) in [6.07, 6.45) is 4.22. The smallest absolute Gasteiger partial charge is 0.201 e. The second-order valence-electron chi connectivity index (χ2n) is 1.81. The Kier molecular flexibility index (Phi) is 1.57. The van der Waals surface area contributed by atoms with Gasteiger partial charge >= 0.3 is 0 Å². The van der Waals surface area contributed by atoms with Crippen molar-refractivity contribution in [2.45, 2.75) is 19.2 Å². The summed E-state index contributed by atoms with van der Waals surface area (Å²) in [4.78, 5) is 0. The van der Waals surface area contributed by atoms with Gasteiger partial charge in [-0.15, -0.1) is 0 Å². The minimum atomic E-state index is 1.25. The van der Waals surface area contributed by atoms with E-state index in [0.717, 1.165) is 0 Å². The lowest BCUT2D eigenvalue weighted by atomic mass is 9.83. The maximum absolute atomic E-state index is 3.28. The molecule has 0 saturated carbocycles. The molecule has 0 aliphatic carbocycles. The predicted molar refractivity (Wildman–Crippen MR) is 29.2 cm³/mol. The molecule has 0 amide bonds. The van der Waals surface area contributed by atoms with E-state index >= 15 is 0 Å². The fraction of sp³-hybridized carbons (Fsp3) is 1.00. The second-order valence-corrected chi connectivity index (χ2v) is 1.81. The molecule has 0 aromatic carbocycles. The van der Waals surface area contributed by atoms with E-state index in [9.17, 15) is 0 Å². The highest BCUT2D eigenvalue weighted by Gasteiger charge is 1.96. The Morgan fingerprint density at radius 1 is 1.33 bits per heavy atom. The van der Waals surface area contributed by atoms with Crippen LogP contribution in [0.25, 0.3) is 0 Å². The topological polar surface area (TPSA) is 12.0 Å². The summed E-state index contributed by atoms with van der Waals surface area (Å²) in [5, 5.41) is 3.28. The summed E-state index contributed by atoms with van der Waals surface area (Å²) in [6.45, 7) is 1.25. The van der Waals surface area contributed by atoms with Crippen molar-refractivity contribution in [3.63, 3.8) is 0 Å². The van der Waals surface area contributed by atoms with Gasteiger partial charge in [0.1, 0.15) is 0 Å². The van der Waals surface area contributed by atoms with Crippen molar-refractivity contribution in [3.05, 3.63) is 0 Å². The molecular weight excluding hydrogens is 72.9 g/mol. The maximum atomic E-state index is 3.28. The fourth-order valence-electron chi connectivity index (χ4n) is 0.802. The van der Waals surface area contributed by atoms with Crippen molar-refractivity contribution < 1.29 is 0 Å². The van der Waals surface area contributed by atoms with Gasteiger partial charge in [-0.3, -0.25) is 0 Å². The first-order valence-electron chi connectivity index (χ1n) is 2.71. The van der Waals surface area contributed by atoms with E-state index in [0.29, 0.717) is 0 Å². The summed E-state index contributed by atoms with van der Waals surface area (Å²) in [5.74, 6) is 0. The van der Waals surface area contributed by atoms with Crippen molar-refractivity contribution in [1.29, 1.82) is 0 Å². The number of hydrogen-bond acceptors (Lipinski definition) is 1. The van der Waals surface area contributed by atoms with Crippen molar-refractivity contribution in [2.75, 3.05) is 6.54 Å². The Bertz CT molecular complexity index is 23.0. The molecule has 1 saturated heterocycles. The highest BCUT2D eigenvalue weighted by Crippen LogP contribution is 1.96. The Labute approximate surface area is 39.4 Å². The second kappa shape index (κ2) is 2.24. The standard InChI is InChI=1S/C4H10BN/c1-2-4-6-5-3-1/h5-6H,1-4H2. The molecule has 0 atom stereocenters. The van der Waals surface area contributed by atoms with E-state index in [-0.39, 0.29) is 0 Å². The van der Waals surface area contributed by atoms with E-state index in [1.54, 1.807) is 0 Å². The molecule has 0 spiro atoms. The normalized spacial score (nSPS) is 22.7. The predicted octanol–water partition coefficient (Wildman–Crippen LogP) is 0.140. The molecule has 1 nitrogen and oxygen atoms in total. The molecule has 0 aromatic heterocycles. The SMILES string of the molecule is B1CCCCN1. The van der Waals surface area contributed by atoms with Crippen LogP contribution in [-0.2, 0) is 0 Å². The zero-order chi connectivity index (χ0) is 4.24. The number of hydrogen-bond donors (Lipinski definition) is 1. The van der Waals surface area contributed by atoms with Crippen molar-refractivity contribution in [2.24, 2.45) is 0 Å². The Balaban J connectivity index is 2.00. The van der Waals surface area contributed by atoms with Gasteiger partial charge in [0.05, 0.1) is 0 Å². The zero-order valence-corrected chi connectivity index (χ0v) is 4.04. The largest absolute Gasteiger partial charge is 0.359 e. The molecule has 0 radical (unpaired) electrons. The Morgan fingerprint density at radius 3 is 2.50 bits per heavy atom. The molecule has 1 fully saturated rings. The van der Waals surface area contributed by atoms with E-state index < -0.39 is 0 Å². The van der Waals surface area contributed by atoms with Gasteiger partial charge in [-0.2, -0.15) is 0 Å². The van der Waals surface area contributed by atoms with Crippen LogP contribution in [0.4, 0.5) is 0 Å². The van der Waals surface area contributed by atoms with Gasteiger partial charge in [-0.05, 0) is 13.0 Å². The van der Waals surface area contributed by atoms with Gasteiger partial charge in [0.25, 0.3) is 0 Å². The summed E-state index contributed by atoms with van der Waals surface area (Å²) in [6, 6.07) is 0. The monoisotopic (exact) mass is 83.1 g/mol. The molecule has 34 valence electrons. The van der Waals surface area contributed by atoms with Crippen LogP contribution in [0.15, 0.2) is 0 Å². The molecule has 2 heteroatoms. The van der Waals surface area contributed by atoms with E-state index in [2.05, 4.69) is 5.23 Å². The summed E-state index contributed by atoms with van der Waals surface area (Å²) in [7, 11) is 1.25. The fourth-order valence-corrected chi connectivity index (χ4v) is 0.802. The molecule has 1 aliphatic rings. The highest BCUT2D eigenvalue weighted by molar-refractivity contribution is 6.32. The van der Waals surface area contributed by atoms with Crippen LogP contribution in [0.1, 0.15) is 12.8 Å². The minimum absolute atomic E-state index is 1.25. The number of rotatable bonds is 0. The lowest BCUT2D eigenvalue weighted by Gasteiger charge is -2.07. The van der Waals surface area contributed by atoms with Crippen LogP contribution in [0.2, 0.25) is 6.32 Å². The molecular formula is C4H10BN. The first-order valence-corrected chi connectivity index (χ1v) is 2.71. The summed E-state index contributed by atoms with van der Waals surface area (Å²) in [5.41, 5.74) is 0.